The van der Waals surface area contributed by atoms with Crippen molar-refractivity contribution in [2.45, 2.75) is 59.1 Å². The minimum atomic E-state index is -1.07. The lowest BCUT2D eigenvalue weighted by Gasteiger charge is -2.36. The fourth-order valence-electron chi connectivity index (χ4n) is 4.14. The van der Waals surface area contributed by atoms with E-state index in [0.29, 0.717) is 5.69 Å². The molecule has 1 unspecified atom stereocenters. The number of hydrogen-bond donors (Lipinski definition) is 1. The molecule has 0 spiro atoms. The van der Waals surface area contributed by atoms with Gasteiger partial charge in [-0.05, 0) is 59.2 Å². The number of nitrogens with one attached hydrogen (secondary N) is 1. The van der Waals surface area contributed by atoms with E-state index in [-0.39, 0.29) is 62.7 Å². The average molecular weight is 558 g/mol. The number of benzene rings is 1. The van der Waals surface area contributed by atoms with Gasteiger partial charge in [-0.1, -0.05) is 12.1 Å². The summed E-state index contributed by atoms with van der Waals surface area (Å²) in [5.74, 6) is -2.08. The summed E-state index contributed by atoms with van der Waals surface area (Å²) >= 11 is 0. The topological polar surface area (TPSA) is 131 Å². The third-order valence-corrected chi connectivity index (χ3v) is 5.98. The molecular formula is C28H36FN5O6. The summed E-state index contributed by atoms with van der Waals surface area (Å²) in [5, 5.41) is 2.70. The highest BCUT2D eigenvalue weighted by atomic mass is 19.1. The lowest BCUT2D eigenvalue weighted by atomic mass is 10.1. The van der Waals surface area contributed by atoms with Crippen LogP contribution in [0.15, 0.2) is 30.3 Å². The predicted molar refractivity (Wildman–Crippen MR) is 144 cm³/mol. The summed E-state index contributed by atoms with van der Waals surface area (Å²) in [7, 11) is 0. The summed E-state index contributed by atoms with van der Waals surface area (Å²) in [5.41, 5.74) is -0.180. The van der Waals surface area contributed by atoms with Crippen LogP contribution in [-0.2, 0) is 19.1 Å². The predicted octanol–water partition coefficient (Wildman–Crippen LogP) is 3.11. The summed E-state index contributed by atoms with van der Waals surface area (Å²) < 4.78 is 24.8. The lowest BCUT2D eigenvalue weighted by molar-refractivity contribution is -0.155. The Balaban J connectivity index is 1.78. The molecule has 0 aliphatic carbocycles. The van der Waals surface area contributed by atoms with Crippen LogP contribution in [0.5, 0.6) is 0 Å². The Morgan fingerprint density at radius 3 is 2.33 bits per heavy atom. The van der Waals surface area contributed by atoms with Crippen LogP contribution in [0.4, 0.5) is 9.18 Å². The second kappa shape index (κ2) is 13.3. The Labute approximate surface area is 233 Å². The van der Waals surface area contributed by atoms with Crippen LogP contribution in [-0.4, -0.2) is 88.1 Å². The molecule has 1 atom stereocenters. The first kappa shape index (κ1) is 30.5. The van der Waals surface area contributed by atoms with E-state index in [2.05, 4.69) is 15.3 Å². The van der Waals surface area contributed by atoms with Gasteiger partial charge in [0.05, 0.1) is 12.2 Å². The number of halogens is 1. The zero-order chi connectivity index (χ0) is 29.4. The van der Waals surface area contributed by atoms with E-state index in [0.717, 1.165) is 0 Å². The molecule has 40 heavy (non-hydrogen) atoms. The highest BCUT2D eigenvalue weighted by Gasteiger charge is 2.32. The van der Waals surface area contributed by atoms with Crippen molar-refractivity contribution in [3.05, 3.63) is 47.5 Å². The van der Waals surface area contributed by atoms with Crippen molar-refractivity contribution in [1.82, 2.24) is 25.1 Å². The van der Waals surface area contributed by atoms with E-state index < -0.39 is 41.3 Å². The highest BCUT2D eigenvalue weighted by molar-refractivity contribution is 5.96. The molecule has 3 rings (SSSR count). The fraction of sp³-hybridized carbons (Fsp3) is 0.500. The van der Waals surface area contributed by atoms with Crippen molar-refractivity contribution in [2.75, 3.05) is 32.8 Å². The van der Waals surface area contributed by atoms with Gasteiger partial charge in [0.25, 0.3) is 5.91 Å². The average Bonchev–Trinajstić information content (AvgIpc) is 2.89. The standard InChI is InChI=1S/C28H36FN5O6/c1-6-39-27(38)34-15-13-33(14-16-34)26(37)21(11-12-23(35)40-28(3,4)5)32-25(36)22-17-18(2)30-24(31-22)19-9-7-8-10-20(19)29/h7-10,17,21H,6,11-16H2,1-5H3,(H,32,36). The monoisotopic (exact) mass is 557 g/mol. The molecule has 12 heteroatoms. The van der Waals surface area contributed by atoms with Gasteiger partial charge in [-0.3, -0.25) is 14.4 Å². The normalized spacial score (nSPS) is 14.3. The van der Waals surface area contributed by atoms with Crippen molar-refractivity contribution in [2.24, 2.45) is 0 Å². The quantitative estimate of drug-likeness (QED) is 0.490. The number of esters is 1. The van der Waals surface area contributed by atoms with E-state index in [1.165, 1.54) is 34.1 Å². The zero-order valence-electron chi connectivity index (χ0n) is 23.5. The van der Waals surface area contributed by atoms with Gasteiger partial charge in [0.1, 0.15) is 23.2 Å². The van der Waals surface area contributed by atoms with Gasteiger partial charge in [0.15, 0.2) is 5.82 Å². The molecule has 1 fully saturated rings. The zero-order valence-corrected chi connectivity index (χ0v) is 23.5. The molecule has 0 radical (unpaired) electrons. The minimum absolute atomic E-state index is 0.0121. The number of ether oxygens (including phenoxy) is 2. The number of nitrogens with zero attached hydrogens (tertiary/aromatic N) is 4. The molecule has 2 aromatic rings. The molecule has 1 aliphatic rings. The third-order valence-electron chi connectivity index (χ3n) is 5.98. The van der Waals surface area contributed by atoms with Gasteiger partial charge in [-0.2, -0.15) is 0 Å². The summed E-state index contributed by atoms with van der Waals surface area (Å²) in [6, 6.07) is 6.32. The van der Waals surface area contributed by atoms with Gasteiger partial charge < -0.3 is 24.6 Å². The lowest BCUT2D eigenvalue weighted by Crippen LogP contribution is -2.56. The molecule has 2 heterocycles. The molecule has 3 amide bonds. The van der Waals surface area contributed by atoms with Crippen molar-refractivity contribution in [1.29, 1.82) is 0 Å². The van der Waals surface area contributed by atoms with Gasteiger partial charge in [-0.15, -0.1) is 0 Å². The largest absolute Gasteiger partial charge is 0.460 e. The number of hydrogen-bond acceptors (Lipinski definition) is 8. The molecule has 1 aromatic carbocycles. The second-order valence-corrected chi connectivity index (χ2v) is 10.4. The molecule has 11 nitrogen and oxygen atoms in total. The Morgan fingerprint density at radius 1 is 1.05 bits per heavy atom. The van der Waals surface area contributed by atoms with Crippen LogP contribution in [0, 0.1) is 12.7 Å². The third kappa shape index (κ3) is 8.45. The van der Waals surface area contributed by atoms with Crippen LogP contribution in [0.2, 0.25) is 0 Å². The number of amides is 3. The molecule has 1 saturated heterocycles. The van der Waals surface area contributed by atoms with Crippen molar-refractivity contribution in [3.63, 3.8) is 0 Å². The first-order valence-electron chi connectivity index (χ1n) is 13.2. The smallest absolute Gasteiger partial charge is 0.409 e. The second-order valence-electron chi connectivity index (χ2n) is 10.4. The first-order chi connectivity index (χ1) is 18.9. The molecular weight excluding hydrogens is 521 g/mol. The molecule has 1 N–H and O–H groups in total. The first-order valence-corrected chi connectivity index (χ1v) is 13.2. The molecule has 1 aliphatic heterocycles. The van der Waals surface area contributed by atoms with Crippen LogP contribution in [0.3, 0.4) is 0 Å². The van der Waals surface area contributed by atoms with Crippen LogP contribution < -0.4 is 5.32 Å². The number of aryl methyl sites for hydroxylation is 1. The van der Waals surface area contributed by atoms with Gasteiger partial charge in [-0.25, -0.2) is 19.2 Å². The summed E-state index contributed by atoms with van der Waals surface area (Å²) in [4.78, 5) is 62.8. The SMILES string of the molecule is CCOC(=O)N1CCN(C(=O)C(CCC(=O)OC(C)(C)C)NC(=O)c2cc(C)nc(-c3ccccc3F)n2)CC1. The van der Waals surface area contributed by atoms with Crippen molar-refractivity contribution < 1.29 is 33.0 Å². The van der Waals surface area contributed by atoms with Gasteiger partial charge >= 0.3 is 12.1 Å². The minimum Gasteiger partial charge on any atom is -0.460 e. The van der Waals surface area contributed by atoms with E-state index in [1.807, 2.05) is 0 Å². The number of rotatable bonds is 8. The van der Waals surface area contributed by atoms with E-state index in [4.69, 9.17) is 9.47 Å². The molecule has 216 valence electrons. The van der Waals surface area contributed by atoms with Crippen molar-refractivity contribution >= 4 is 23.9 Å². The summed E-state index contributed by atoms with van der Waals surface area (Å²) in [6.07, 6.45) is -0.573. The van der Waals surface area contributed by atoms with Crippen LogP contribution >= 0.6 is 0 Å². The Hall–Kier alpha value is -4.09. The Bertz CT molecular complexity index is 1240. The Kier molecular flexibility index (Phi) is 10.1. The molecule has 1 aromatic heterocycles. The fourth-order valence-corrected chi connectivity index (χ4v) is 4.14. The maximum atomic E-state index is 14.4. The number of carbonyl (C=O) groups excluding carboxylic acids is 4. The number of piperazine rings is 1. The Morgan fingerprint density at radius 2 is 1.70 bits per heavy atom. The van der Waals surface area contributed by atoms with E-state index in [1.54, 1.807) is 40.7 Å². The highest BCUT2D eigenvalue weighted by Crippen LogP contribution is 2.20. The molecule has 0 bridgehead atoms. The number of aromatic nitrogens is 2. The van der Waals surface area contributed by atoms with E-state index in [9.17, 15) is 23.6 Å². The van der Waals surface area contributed by atoms with Gasteiger partial charge in [0.2, 0.25) is 5.91 Å². The summed E-state index contributed by atoms with van der Waals surface area (Å²) in [6.45, 7) is 9.85. The molecule has 0 saturated carbocycles. The van der Waals surface area contributed by atoms with Gasteiger partial charge in [0, 0.05) is 38.3 Å². The maximum Gasteiger partial charge on any atom is 0.409 e. The van der Waals surface area contributed by atoms with Crippen molar-refractivity contribution in [3.8, 4) is 11.4 Å². The maximum absolute atomic E-state index is 14.4. The van der Waals surface area contributed by atoms with Crippen LogP contribution in [0.25, 0.3) is 11.4 Å². The van der Waals surface area contributed by atoms with E-state index >= 15 is 0 Å². The van der Waals surface area contributed by atoms with Crippen LogP contribution in [0.1, 0.15) is 56.7 Å². The number of carbonyl (C=O) groups is 4.